The van der Waals surface area contributed by atoms with Crippen molar-refractivity contribution < 1.29 is 22.3 Å². The van der Waals surface area contributed by atoms with Crippen LogP contribution >= 0.6 is 0 Å². The van der Waals surface area contributed by atoms with Gasteiger partial charge in [-0.15, -0.1) is 0 Å². The number of alkyl halides is 3. The average Bonchev–Trinajstić information content (AvgIpc) is 2.35. The topological polar surface area (TPSA) is 21.3 Å². The van der Waals surface area contributed by atoms with Crippen LogP contribution in [-0.4, -0.2) is 18.8 Å². The Balaban J connectivity index is 2.99. The normalized spacial score (nSPS) is 14.9. The van der Waals surface area contributed by atoms with E-state index in [1.54, 1.807) is 6.92 Å². The molecule has 0 saturated heterocycles. The van der Waals surface area contributed by atoms with E-state index in [1.165, 1.54) is 18.2 Å². The second-order valence-corrected chi connectivity index (χ2v) is 4.63. The summed E-state index contributed by atoms with van der Waals surface area (Å²) in [5.74, 6) is -0.654. The molecule has 114 valence electrons. The molecular weight excluding hydrogens is 274 g/mol. The van der Waals surface area contributed by atoms with Crippen molar-refractivity contribution in [2.75, 3.05) is 6.54 Å². The summed E-state index contributed by atoms with van der Waals surface area (Å²) in [6, 6.07) is 3.48. The lowest BCUT2D eigenvalue weighted by Gasteiger charge is -2.23. The molecular formula is C14H19F4NO. The van der Waals surface area contributed by atoms with Crippen LogP contribution in [0.3, 0.4) is 0 Å². The standard InChI is InChI=1S/C14H19F4NO/c1-4-8-19-9(2)13-11(15)6-5-7-12(13)20-10(3)14(16,17)18/h5-7,9-10,19H,4,8H2,1-3H3. The van der Waals surface area contributed by atoms with Gasteiger partial charge in [-0.25, -0.2) is 4.39 Å². The summed E-state index contributed by atoms with van der Waals surface area (Å²) in [5.41, 5.74) is 0.122. The molecule has 6 heteroatoms. The van der Waals surface area contributed by atoms with Crippen molar-refractivity contribution in [3.05, 3.63) is 29.6 Å². The summed E-state index contributed by atoms with van der Waals surface area (Å²) in [7, 11) is 0. The van der Waals surface area contributed by atoms with E-state index in [0.717, 1.165) is 13.3 Å². The zero-order valence-corrected chi connectivity index (χ0v) is 11.7. The summed E-state index contributed by atoms with van der Waals surface area (Å²) >= 11 is 0. The van der Waals surface area contributed by atoms with Crippen molar-refractivity contribution in [2.45, 2.75) is 45.5 Å². The van der Waals surface area contributed by atoms with Gasteiger partial charge in [-0.1, -0.05) is 13.0 Å². The Hall–Kier alpha value is -1.30. The Kier molecular flexibility index (Phi) is 5.80. The van der Waals surface area contributed by atoms with Gasteiger partial charge in [0.15, 0.2) is 6.10 Å². The first-order chi connectivity index (χ1) is 9.27. The van der Waals surface area contributed by atoms with Crippen LogP contribution in [-0.2, 0) is 0 Å². The molecule has 0 aliphatic rings. The maximum atomic E-state index is 13.9. The van der Waals surface area contributed by atoms with Crippen molar-refractivity contribution >= 4 is 0 Å². The predicted molar refractivity (Wildman–Crippen MR) is 69.3 cm³/mol. The molecule has 2 nitrogen and oxygen atoms in total. The number of benzene rings is 1. The molecule has 1 aromatic rings. The van der Waals surface area contributed by atoms with Crippen molar-refractivity contribution in [1.29, 1.82) is 0 Å². The number of hydrogen-bond acceptors (Lipinski definition) is 2. The molecule has 0 aliphatic carbocycles. The highest BCUT2D eigenvalue weighted by molar-refractivity contribution is 5.37. The number of halogens is 4. The van der Waals surface area contributed by atoms with Crippen LogP contribution in [0, 0.1) is 5.82 Å². The first-order valence-corrected chi connectivity index (χ1v) is 6.52. The fraction of sp³-hybridized carbons (Fsp3) is 0.571. The van der Waals surface area contributed by atoms with Crippen molar-refractivity contribution in [2.24, 2.45) is 0 Å². The zero-order valence-electron chi connectivity index (χ0n) is 11.7. The van der Waals surface area contributed by atoms with Gasteiger partial charge < -0.3 is 10.1 Å². The highest BCUT2D eigenvalue weighted by atomic mass is 19.4. The SMILES string of the molecule is CCCNC(C)c1c(F)cccc1OC(C)C(F)(F)F. The number of rotatable bonds is 6. The second-order valence-electron chi connectivity index (χ2n) is 4.63. The second kappa shape index (κ2) is 6.92. The van der Waals surface area contributed by atoms with E-state index in [-0.39, 0.29) is 11.3 Å². The van der Waals surface area contributed by atoms with Crippen LogP contribution < -0.4 is 10.1 Å². The maximum Gasteiger partial charge on any atom is 0.425 e. The molecule has 0 bridgehead atoms. The summed E-state index contributed by atoms with van der Waals surface area (Å²) in [6.07, 6.45) is -5.63. The number of nitrogens with one attached hydrogen (secondary N) is 1. The lowest BCUT2D eigenvalue weighted by molar-refractivity contribution is -0.189. The first-order valence-electron chi connectivity index (χ1n) is 6.52. The lowest BCUT2D eigenvalue weighted by atomic mass is 10.1. The molecule has 20 heavy (non-hydrogen) atoms. The summed E-state index contributed by atoms with van der Waals surface area (Å²) in [4.78, 5) is 0. The van der Waals surface area contributed by atoms with Gasteiger partial charge in [0.05, 0.1) is 0 Å². The van der Waals surface area contributed by atoms with E-state index in [2.05, 4.69) is 5.32 Å². The van der Waals surface area contributed by atoms with Crippen LogP contribution in [0.4, 0.5) is 17.6 Å². The molecule has 0 radical (unpaired) electrons. The van der Waals surface area contributed by atoms with Gasteiger partial charge >= 0.3 is 6.18 Å². The molecule has 1 aromatic carbocycles. The molecule has 0 aromatic heterocycles. The monoisotopic (exact) mass is 293 g/mol. The van der Waals surface area contributed by atoms with Gasteiger partial charge in [-0.3, -0.25) is 0 Å². The summed E-state index contributed by atoms with van der Waals surface area (Å²) < 4.78 is 56.4. The van der Waals surface area contributed by atoms with E-state index in [0.29, 0.717) is 6.54 Å². The molecule has 0 fully saturated rings. The quantitative estimate of drug-likeness (QED) is 0.793. The highest BCUT2D eigenvalue weighted by Crippen LogP contribution is 2.31. The van der Waals surface area contributed by atoms with E-state index in [4.69, 9.17) is 4.74 Å². The fourth-order valence-electron chi connectivity index (χ4n) is 1.76. The van der Waals surface area contributed by atoms with Crippen molar-refractivity contribution in [3.8, 4) is 5.75 Å². The largest absolute Gasteiger partial charge is 0.481 e. The van der Waals surface area contributed by atoms with E-state index < -0.39 is 24.1 Å². The van der Waals surface area contributed by atoms with Gasteiger partial charge in [0, 0.05) is 11.6 Å². The molecule has 0 heterocycles. The third-order valence-corrected chi connectivity index (χ3v) is 2.91. The van der Waals surface area contributed by atoms with E-state index in [9.17, 15) is 17.6 Å². The van der Waals surface area contributed by atoms with Crippen LogP contribution in [0.25, 0.3) is 0 Å². The van der Waals surface area contributed by atoms with E-state index >= 15 is 0 Å². The third kappa shape index (κ3) is 4.37. The smallest absolute Gasteiger partial charge is 0.425 e. The Morgan fingerprint density at radius 3 is 2.45 bits per heavy atom. The Bertz CT molecular complexity index is 434. The Morgan fingerprint density at radius 1 is 1.25 bits per heavy atom. The first kappa shape index (κ1) is 16.8. The molecule has 1 rings (SSSR count). The lowest BCUT2D eigenvalue weighted by Crippen LogP contribution is -2.32. The van der Waals surface area contributed by atoms with Crippen molar-refractivity contribution in [3.63, 3.8) is 0 Å². The fourth-order valence-corrected chi connectivity index (χ4v) is 1.76. The van der Waals surface area contributed by atoms with Gasteiger partial charge in [-0.2, -0.15) is 13.2 Å². The van der Waals surface area contributed by atoms with Crippen LogP contribution in [0.15, 0.2) is 18.2 Å². The number of hydrogen-bond donors (Lipinski definition) is 1. The molecule has 1 N–H and O–H groups in total. The molecule has 0 spiro atoms. The average molecular weight is 293 g/mol. The van der Waals surface area contributed by atoms with Crippen molar-refractivity contribution in [1.82, 2.24) is 5.32 Å². The highest BCUT2D eigenvalue weighted by Gasteiger charge is 2.38. The molecule has 0 saturated carbocycles. The third-order valence-electron chi connectivity index (χ3n) is 2.91. The summed E-state index contributed by atoms with van der Waals surface area (Å²) in [5, 5.41) is 3.04. The van der Waals surface area contributed by atoms with Crippen LogP contribution in [0.1, 0.15) is 38.8 Å². The van der Waals surface area contributed by atoms with Crippen LogP contribution in [0.2, 0.25) is 0 Å². The minimum absolute atomic E-state index is 0.0778. The number of ether oxygens (including phenoxy) is 1. The molecule has 0 amide bonds. The minimum Gasteiger partial charge on any atom is -0.481 e. The Morgan fingerprint density at radius 2 is 1.90 bits per heavy atom. The minimum atomic E-state index is -4.48. The summed E-state index contributed by atoms with van der Waals surface area (Å²) in [6.45, 7) is 5.19. The predicted octanol–water partition coefficient (Wildman–Crippen LogP) is 4.22. The van der Waals surface area contributed by atoms with Gasteiger partial charge in [-0.05, 0) is 38.9 Å². The Labute approximate surface area is 116 Å². The zero-order chi connectivity index (χ0) is 15.3. The molecule has 2 atom stereocenters. The van der Waals surface area contributed by atoms with E-state index in [1.807, 2.05) is 6.92 Å². The molecule has 2 unspecified atom stereocenters. The van der Waals surface area contributed by atoms with Gasteiger partial charge in [0.25, 0.3) is 0 Å². The van der Waals surface area contributed by atoms with Crippen LogP contribution in [0.5, 0.6) is 5.75 Å². The van der Waals surface area contributed by atoms with Gasteiger partial charge in [0.2, 0.25) is 0 Å². The maximum absolute atomic E-state index is 13.9. The van der Waals surface area contributed by atoms with Gasteiger partial charge in [0.1, 0.15) is 11.6 Å². The molecule has 0 aliphatic heterocycles.